The van der Waals surface area contributed by atoms with Crippen LogP contribution in [0.5, 0.6) is 0 Å². The Balaban J connectivity index is 2.75. The molecule has 0 atom stereocenters. The largest absolute Gasteiger partial charge is 0.333 e. The van der Waals surface area contributed by atoms with E-state index in [1.807, 2.05) is 6.07 Å². The SMILES string of the molecule is CC(C)(C#N)NC(=O)c1cnccn1. The molecule has 0 saturated carbocycles. The van der Waals surface area contributed by atoms with Crippen LogP contribution in [0.4, 0.5) is 0 Å². The molecule has 14 heavy (non-hydrogen) atoms. The molecule has 1 rings (SSSR count). The Morgan fingerprint density at radius 3 is 2.79 bits per heavy atom. The van der Waals surface area contributed by atoms with E-state index in [-0.39, 0.29) is 5.69 Å². The number of nitrogens with one attached hydrogen (secondary N) is 1. The molecule has 0 aromatic carbocycles. The van der Waals surface area contributed by atoms with Gasteiger partial charge in [-0.15, -0.1) is 0 Å². The topological polar surface area (TPSA) is 78.7 Å². The van der Waals surface area contributed by atoms with Gasteiger partial charge in [0.15, 0.2) is 0 Å². The molecular weight excluding hydrogens is 180 g/mol. The zero-order chi connectivity index (χ0) is 10.6. The average molecular weight is 190 g/mol. The van der Waals surface area contributed by atoms with Crippen molar-refractivity contribution in [1.29, 1.82) is 5.26 Å². The number of nitriles is 1. The Morgan fingerprint density at radius 2 is 2.29 bits per heavy atom. The van der Waals surface area contributed by atoms with E-state index in [0.717, 1.165) is 0 Å². The van der Waals surface area contributed by atoms with Crippen LogP contribution < -0.4 is 5.32 Å². The summed E-state index contributed by atoms with van der Waals surface area (Å²) < 4.78 is 0. The highest BCUT2D eigenvalue weighted by molar-refractivity contribution is 5.92. The third-order valence-corrected chi connectivity index (χ3v) is 1.50. The van der Waals surface area contributed by atoms with Crippen LogP contribution in [0, 0.1) is 11.3 Å². The van der Waals surface area contributed by atoms with Gasteiger partial charge in [0.25, 0.3) is 5.91 Å². The Labute approximate surface area is 81.8 Å². The van der Waals surface area contributed by atoms with Crippen LogP contribution in [0.1, 0.15) is 24.3 Å². The van der Waals surface area contributed by atoms with Crippen molar-refractivity contribution in [1.82, 2.24) is 15.3 Å². The first-order valence-electron chi connectivity index (χ1n) is 4.05. The molecule has 0 saturated heterocycles. The van der Waals surface area contributed by atoms with Crippen molar-refractivity contribution < 1.29 is 4.79 Å². The number of aromatic nitrogens is 2. The van der Waals surface area contributed by atoms with Gasteiger partial charge in [-0.05, 0) is 13.8 Å². The van der Waals surface area contributed by atoms with Crippen LogP contribution in [0.3, 0.4) is 0 Å². The van der Waals surface area contributed by atoms with Crippen molar-refractivity contribution in [2.45, 2.75) is 19.4 Å². The fraction of sp³-hybridized carbons (Fsp3) is 0.333. The van der Waals surface area contributed by atoms with Crippen molar-refractivity contribution in [2.24, 2.45) is 0 Å². The second kappa shape index (κ2) is 3.83. The third kappa shape index (κ3) is 2.52. The van der Waals surface area contributed by atoms with Crippen molar-refractivity contribution in [3.63, 3.8) is 0 Å². The third-order valence-electron chi connectivity index (χ3n) is 1.50. The van der Waals surface area contributed by atoms with E-state index in [2.05, 4.69) is 15.3 Å². The molecule has 1 N–H and O–H groups in total. The Bertz CT molecular complexity index is 366. The van der Waals surface area contributed by atoms with Gasteiger partial charge in [-0.1, -0.05) is 0 Å². The van der Waals surface area contributed by atoms with Gasteiger partial charge in [0.2, 0.25) is 0 Å². The summed E-state index contributed by atoms with van der Waals surface area (Å²) in [6.45, 7) is 3.22. The molecule has 0 bridgehead atoms. The fourth-order valence-corrected chi connectivity index (χ4v) is 0.792. The van der Waals surface area contributed by atoms with Crippen LogP contribution in [-0.2, 0) is 0 Å². The molecule has 0 radical (unpaired) electrons. The zero-order valence-corrected chi connectivity index (χ0v) is 7.98. The van der Waals surface area contributed by atoms with Crippen molar-refractivity contribution in [3.05, 3.63) is 24.3 Å². The molecule has 5 heteroatoms. The molecule has 72 valence electrons. The quantitative estimate of drug-likeness (QED) is 0.736. The first-order chi connectivity index (χ1) is 6.55. The first kappa shape index (κ1) is 10.1. The number of carbonyl (C=O) groups excluding carboxylic acids is 1. The van der Waals surface area contributed by atoms with E-state index < -0.39 is 11.4 Å². The molecule has 0 unspecified atom stereocenters. The lowest BCUT2D eigenvalue weighted by Gasteiger charge is -2.16. The molecule has 1 heterocycles. The van der Waals surface area contributed by atoms with Gasteiger partial charge in [-0.3, -0.25) is 9.78 Å². The van der Waals surface area contributed by atoms with Gasteiger partial charge < -0.3 is 5.32 Å². The molecule has 0 spiro atoms. The minimum absolute atomic E-state index is 0.204. The van der Waals surface area contributed by atoms with Gasteiger partial charge >= 0.3 is 0 Å². The van der Waals surface area contributed by atoms with E-state index in [9.17, 15) is 4.79 Å². The number of hydrogen-bond donors (Lipinski definition) is 1. The van der Waals surface area contributed by atoms with Crippen LogP contribution >= 0.6 is 0 Å². The predicted molar refractivity (Wildman–Crippen MR) is 49.2 cm³/mol. The summed E-state index contributed by atoms with van der Waals surface area (Å²) >= 11 is 0. The Morgan fingerprint density at radius 1 is 1.57 bits per heavy atom. The van der Waals surface area contributed by atoms with Crippen molar-refractivity contribution in [2.75, 3.05) is 0 Å². The average Bonchev–Trinajstić information content (AvgIpc) is 2.19. The molecule has 5 nitrogen and oxygen atoms in total. The summed E-state index contributed by atoms with van der Waals surface area (Å²) in [6, 6.07) is 1.96. The lowest BCUT2D eigenvalue weighted by molar-refractivity contribution is 0.0923. The first-order valence-corrected chi connectivity index (χ1v) is 4.05. The van der Waals surface area contributed by atoms with Crippen molar-refractivity contribution >= 4 is 5.91 Å². The number of hydrogen-bond acceptors (Lipinski definition) is 4. The molecule has 1 aromatic rings. The van der Waals surface area contributed by atoms with E-state index in [0.29, 0.717) is 0 Å². The van der Waals surface area contributed by atoms with Gasteiger partial charge in [-0.25, -0.2) is 4.98 Å². The minimum Gasteiger partial charge on any atom is -0.333 e. The molecule has 1 aromatic heterocycles. The van der Waals surface area contributed by atoms with Gasteiger partial charge in [0.05, 0.1) is 12.3 Å². The standard InChI is InChI=1S/C9H10N4O/c1-9(2,6-10)13-8(14)7-5-11-3-4-12-7/h3-5H,1-2H3,(H,13,14). The van der Waals surface area contributed by atoms with Crippen molar-refractivity contribution in [3.8, 4) is 6.07 Å². The van der Waals surface area contributed by atoms with E-state index in [1.54, 1.807) is 13.8 Å². The highest BCUT2D eigenvalue weighted by atomic mass is 16.2. The summed E-state index contributed by atoms with van der Waals surface area (Å²) in [5, 5.41) is 11.2. The smallest absolute Gasteiger partial charge is 0.272 e. The summed E-state index contributed by atoms with van der Waals surface area (Å²) in [5.41, 5.74) is -0.690. The van der Waals surface area contributed by atoms with E-state index in [4.69, 9.17) is 5.26 Å². The second-order valence-corrected chi connectivity index (χ2v) is 3.28. The zero-order valence-electron chi connectivity index (χ0n) is 7.98. The highest BCUT2D eigenvalue weighted by Crippen LogP contribution is 2.01. The van der Waals surface area contributed by atoms with Gasteiger partial charge in [0, 0.05) is 12.4 Å². The Hall–Kier alpha value is -1.96. The lowest BCUT2D eigenvalue weighted by atomic mass is 10.1. The molecule has 0 fully saturated rings. The summed E-state index contributed by atoms with van der Waals surface area (Å²) in [6.07, 6.45) is 4.25. The number of amides is 1. The van der Waals surface area contributed by atoms with Crippen LogP contribution in [0.2, 0.25) is 0 Å². The van der Waals surface area contributed by atoms with Gasteiger partial charge in [-0.2, -0.15) is 5.26 Å². The number of nitrogens with zero attached hydrogens (tertiary/aromatic N) is 3. The summed E-state index contributed by atoms with van der Waals surface area (Å²) in [4.78, 5) is 19.0. The number of carbonyl (C=O) groups is 1. The molecule has 0 aliphatic carbocycles. The lowest BCUT2D eigenvalue weighted by Crippen LogP contribution is -2.42. The monoisotopic (exact) mass is 190 g/mol. The van der Waals surface area contributed by atoms with Crippen LogP contribution in [-0.4, -0.2) is 21.4 Å². The van der Waals surface area contributed by atoms with Crippen LogP contribution in [0.15, 0.2) is 18.6 Å². The maximum atomic E-state index is 11.5. The maximum absolute atomic E-state index is 11.5. The molecular formula is C9H10N4O. The summed E-state index contributed by atoms with van der Waals surface area (Å²) in [7, 11) is 0. The fourth-order valence-electron chi connectivity index (χ4n) is 0.792. The number of rotatable bonds is 2. The molecule has 0 aliphatic heterocycles. The second-order valence-electron chi connectivity index (χ2n) is 3.28. The molecule has 0 aliphatic rings. The maximum Gasteiger partial charge on any atom is 0.272 e. The highest BCUT2D eigenvalue weighted by Gasteiger charge is 2.20. The normalized spacial score (nSPS) is 10.4. The van der Waals surface area contributed by atoms with Crippen LogP contribution in [0.25, 0.3) is 0 Å². The minimum atomic E-state index is -0.894. The summed E-state index contributed by atoms with van der Waals surface area (Å²) in [5.74, 6) is -0.398. The Kier molecular flexibility index (Phi) is 2.77. The van der Waals surface area contributed by atoms with E-state index >= 15 is 0 Å². The van der Waals surface area contributed by atoms with Gasteiger partial charge in [0.1, 0.15) is 11.2 Å². The molecule has 1 amide bonds. The van der Waals surface area contributed by atoms with E-state index in [1.165, 1.54) is 18.6 Å². The predicted octanol–water partition coefficient (Wildman–Crippen LogP) is 0.509.